The van der Waals surface area contributed by atoms with E-state index in [1.54, 1.807) is 0 Å². The second-order valence-electron chi connectivity index (χ2n) is 9.00. The van der Waals surface area contributed by atoms with Crippen molar-refractivity contribution in [1.29, 1.82) is 0 Å². The monoisotopic (exact) mass is 355 g/mol. The first kappa shape index (κ1) is 17.2. The van der Waals surface area contributed by atoms with Gasteiger partial charge in [0.05, 0.1) is 5.41 Å². The van der Waals surface area contributed by atoms with Gasteiger partial charge in [-0.3, -0.25) is 4.79 Å². The van der Waals surface area contributed by atoms with Gasteiger partial charge >= 0.3 is 11.9 Å². The van der Waals surface area contributed by atoms with Crippen molar-refractivity contribution < 1.29 is 28.2 Å². The van der Waals surface area contributed by atoms with Gasteiger partial charge in [0.15, 0.2) is 5.60 Å². The summed E-state index contributed by atoms with van der Waals surface area (Å²) in [6.45, 7) is 0. The third kappa shape index (κ3) is 2.58. The molecule has 5 fully saturated rings. The van der Waals surface area contributed by atoms with Crippen molar-refractivity contribution in [3.8, 4) is 0 Å². The smallest absolute Gasteiger partial charge is 0.325 e. The van der Waals surface area contributed by atoms with Crippen molar-refractivity contribution in [2.75, 3.05) is 0 Å². The van der Waals surface area contributed by atoms with E-state index in [1.807, 2.05) is 0 Å². The van der Waals surface area contributed by atoms with Crippen LogP contribution in [-0.2, 0) is 14.3 Å². The zero-order valence-electron chi connectivity index (χ0n) is 14.4. The Balaban J connectivity index is 1.60. The van der Waals surface area contributed by atoms with E-state index in [9.17, 15) is 23.5 Å². The number of hydrogen-bond donors (Lipinski definition) is 0. The summed E-state index contributed by atoms with van der Waals surface area (Å²) < 4.78 is 34.4. The fourth-order valence-electron chi connectivity index (χ4n) is 6.44. The number of carboxylic acids is 1. The van der Waals surface area contributed by atoms with Crippen molar-refractivity contribution in [2.24, 2.45) is 23.2 Å². The molecule has 140 valence electrons. The highest BCUT2D eigenvalue weighted by Gasteiger charge is 2.62. The number of carbonyl (C=O) groups excluding carboxylic acids is 2. The van der Waals surface area contributed by atoms with E-state index in [0.717, 1.165) is 25.7 Å². The Morgan fingerprint density at radius 3 is 1.84 bits per heavy atom. The number of rotatable bonds is 4. The van der Waals surface area contributed by atoms with Gasteiger partial charge in [-0.1, -0.05) is 6.42 Å². The van der Waals surface area contributed by atoms with Crippen LogP contribution in [0.25, 0.3) is 0 Å². The maximum Gasteiger partial charge on any atom is 0.325 e. The summed E-state index contributed by atoms with van der Waals surface area (Å²) in [6, 6.07) is 0. The van der Waals surface area contributed by atoms with Crippen LogP contribution >= 0.6 is 0 Å². The summed E-state index contributed by atoms with van der Waals surface area (Å²) in [6.07, 6.45) is 6.96. The fraction of sp³-hybridized carbons (Fsp3) is 0.895. The average molecular weight is 355 g/mol. The number of halogens is 2. The highest BCUT2D eigenvalue weighted by molar-refractivity contribution is 5.80. The summed E-state index contributed by atoms with van der Waals surface area (Å²) in [7, 11) is 0. The molecule has 0 N–H and O–H groups in total. The number of hydrogen-bond acceptors (Lipinski definition) is 4. The first-order valence-corrected chi connectivity index (χ1v) is 9.59. The van der Waals surface area contributed by atoms with Gasteiger partial charge in [-0.15, -0.1) is 0 Å². The van der Waals surface area contributed by atoms with Crippen molar-refractivity contribution in [2.45, 2.75) is 82.2 Å². The van der Waals surface area contributed by atoms with Crippen molar-refractivity contribution in [3.05, 3.63) is 0 Å². The minimum absolute atomic E-state index is 0.105. The third-order valence-electron chi connectivity index (χ3n) is 7.25. The van der Waals surface area contributed by atoms with Crippen LogP contribution in [0.3, 0.4) is 0 Å². The third-order valence-corrected chi connectivity index (χ3v) is 7.25. The molecule has 5 aliphatic carbocycles. The zero-order valence-corrected chi connectivity index (χ0v) is 14.4. The van der Waals surface area contributed by atoms with Gasteiger partial charge < -0.3 is 14.6 Å². The lowest BCUT2D eigenvalue weighted by Gasteiger charge is -2.56. The van der Waals surface area contributed by atoms with E-state index in [0.29, 0.717) is 49.9 Å². The molecule has 6 heteroatoms. The lowest BCUT2D eigenvalue weighted by molar-refractivity contribution is -0.347. The predicted octanol–water partition coefficient (Wildman–Crippen LogP) is 2.83. The molecule has 25 heavy (non-hydrogen) atoms. The molecule has 0 amide bonds. The molecule has 5 saturated carbocycles. The number of ether oxygens (including phenoxy) is 1. The molecular weight excluding hydrogens is 330 g/mol. The van der Waals surface area contributed by atoms with E-state index in [2.05, 4.69) is 0 Å². The van der Waals surface area contributed by atoms with Gasteiger partial charge in [-0.25, -0.2) is 0 Å². The largest absolute Gasteiger partial charge is 0.544 e. The summed E-state index contributed by atoms with van der Waals surface area (Å²) in [5.74, 6) is -5.69. The molecule has 0 atom stereocenters. The minimum Gasteiger partial charge on any atom is -0.544 e. The lowest BCUT2D eigenvalue weighted by atomic mass is 9.49. The first-order valence-electron chi connectivity index (χ1n) is 9.59. The zero-order chi connectivity index (χ0) is 17.9. The van der Waals surface area contributed by atoms with Crippen LogP contribution in [0.5, 0.6) is 0 Å². The van der Waals surface area contributed by atoms with Crippen LogP contribution in [0.15, 0.2) is 0 Å². The van der Waals surface area contributed by atoms with E-state index >= 15 is 0 Å². The first-order chi connectivity index (χ1) is 11.8. The van der Waals surface area contributed by atoms with Crippen molar-refractivity contribution >= 4 is 11.9 Å². The quantitative estimate of drug-likeness (QED) is 0.728. The molecule has 0 aromatic carbocycles. The molecule has 5 rings (SSSR count). The average Bonchev–Trinajstić information content (AvgIpc) is 2.54. The van der Waals surface area contributed by atoms with E-state index < -0.39 is 28.9 Å². The second-order valence-corrected chi connectivity index (χ2v) is 9.00. The molecule has 0 unspecified atom stereocenters. The molecule has 0 aliphatic heterocycles. The molecule has 5 aliphatic rings. The predicted molar refractivity (Wildman–Crippen MR) is 82.5 cm³/mol. The standard InChI is InChI=1S/C19H26F2O4/c20-19(21,15(22)23)18(4-2-1-3-5-18)25-16(24)17-9-12-6-13(10-17)8-14(7-12)11-17/h12-14H,1-11H2,(H,22,23)/p-1. The molecular formula is C19H25F2O4-. The Labute approximate surface area is 146 Å². The van der Waals surface area contributed by atoms with Crippen molar-refractivity contribution in [1.82, 2.24) is 0 Å². The topological polar surface area (TPSA) is 66.4 Å². The summed E-state index contributed by atoms with van der Waals surface area (Å²) >= 11 is 0. The Bertz CT molecular complexity index is 545. The summed E-state index contributed by atoms with van der Waals surface area (Å²) in [5.41, 5.74) is -2.90. The second kappa shape index (κ2) is 5.65. The fourth-order valence-corrected chi connectivity index (χ4v) is 6.44. The van der Waals surface area contributed by atoms with Crippen molar-refractivity contribution in [3.63, 3.8) is 0 Å². The molecule has 4 bridgehead atoms. The van der Waals surface area contributed by atoms with Gasteiger partial charge in [0.2, 0.25) is 0 Å². The lowest BCUT2D eigenvalue weighted by Crippen LogP contribution is -2.62. The van der Waals surface area contributed by atoms with Gasteiger partial charge in [-0.05, 0) is 82.0 Å². The minimum atomic E-state index is -4.15. The van der Waals surface area contributed by atoms with Crippen LogP contribution in [0.2, 0.25) is 0 Å². The normalized spacial score (nSPS) is 39.2. The van der Waals surface area contributed by atoms with E-state index in [1.165, 1.54) is 0 Å². The summed E-state index contributed by atoms with van der Waals surface area (Å²) in [5, 5.41) is 11.1. The number of aliphatic carboxylic acids is 1. The Hall–Kier alpha value is -1.20. The molecule has 0 heterocycles. The highest BCUT2D eigenvalue weighted by Crippen LogP contribution is 2.61. The molecule has 0 aromatic heterocycles. The van der Waals surface area contributed by atoms with Crippen LogP contribution in [0.4, 0.5) is 8.78 Å². The Kier molecular flexibility index (Phi) is 3.89. The van der Waals surface area contributed by atoms with Gasteiger partial charge in [0, 0.05) is 0 Å². The number of carboxylic acid groups (broad SMARTS) is 1. The number of esters is 1. The highest BCUT2D eigenvalue weighted by atomic mass is 19.3. The Morgan fingerprint density at radius 2 is 1.40 bits per heavy atom. The maximum absolute atomic E-state index is 14.5. The maximum atomic E-state index is 14.5. The molecule has 0 aromatic rings. The molecule has 0 radical (unpaired) electrons. The molecule has 4 nitrogen and oxygen atoms in total. The van der Waals surface area contributed by atoms with Gasteiger partial charge in [0.1, 0.15) is 5.97 Å². The number of alkyl halides is 2. The van der Waals surface area contributed by atoms with Gasteiger partial charge in [-0.2, -0.15) is 8.78 Å². The van der Waals surface area contributed by atoms with Crippen LogP contribution < -0.4 is 5.11 Å². The Morgan fingerprint density at radius 1 is 0.920 bits per heavy atom. The molecule has 0 spiro atoms. The SMILES string of the molecule is O=C(OC1(C(F)(F)C(=O)[O-])CCCCC1)C12CC3CC(CC(C3)C1)C2. The number of carbonyl (C=O) groups is 2. The van der Waals surface area contributed by atoms with E-state index in [-0.39, 0.29) is 12.8 Å². The summed E-state index contributed by atoms with van der Waals surface area (Å²) in [4.78, 5) is 24.2. The van der Waals surface area contributed by atoms with Crippen LogP contribution in [0.1, 0.15) is 70.6 Å². The van der Waals surface area contributed by atoms with E-state index in [4.69, 9.17) is 4.74 Å². The van der Waals surface area contributed by atoms with Crippen LogP contribution in [-0.4, -0.2) is 23.5 Å². The molecule has 0 saturated heterocycles. The van der Waals surface area contributed by atoms with Gasteiger partial charge in [0.25, 0.3) is 0 Å². The van der Waals surface area contributed by atoms with Crippen LogP contribution in [0, 0.1) is 23.2 Å².